The van der Waals surface area contributed by atoms with Gasteiger partial charge in [-0.3, -0.25) is 4.79 Å². The molecule has 5 nitrogen and oxygen atoms in total. The maximum Gasteiger partial charge on any atom is 0.247 e. The first kappa shape index (κ1) is 15.1. The third-order valence-corrected chi connectivity index (χ3v) is 4.35. The summed E-state index contributed by atoms with van der Waals surface area (Å²) in [4.78, 5) is 14.6. The van der Waals surface area contributed by atoms with Gasteiger partial charge in [0.05, 0.1) is 25.9 Å². The zero-order chi connectivity index (χ0) is 15.5. The quantitative estimate of drug-likeness (QED) is 0.855. The number of methoxy groups -OCH3 is 1. The summed E-state index contributed by atoms with van der Waals surface area (Å²) >= 11 is 0. The smallest absolute Gasteiger partial charge is 0.247 e. The van der Waals surface area contributed by atoms with Crippen molar-refractivity contribution >= 4 is 11.5 Å². The number of carbonyl (C=O) groups is 1. The fourth-order valence-corrected chi connectivity index (χ4v) is 3.18. The minimum atomic E-state index is 0.0467. The largest absolute Gasteiger partial charge is 0.496 e. The molecule has 2 aliphatic rings. The lowest BCUT2D eigenvalue weighted by Gasteiger charge is -2.36. The number of ether oxygens (including phenoxy) is 2. The van der Waals surface area contributed by atoms with Crippen LogP contribution in [0.5, 0.6) is 5.75 Å². The van der Waals surface area contributed by atoms with Crippen LogP contribution in [-0.4, -0.2) is 56.3 Å². The lowest BCUT2D eigenvalue weighted by atomic mass is 10.0. The van der Waals surface area contributed by atoms with Crippen molar-refractivity contribution in [3.63, 3.8) is 0 Å². The maximum absolute atomic E-state index is 12.6. The van der Waals surface area contributed by atoms with Crippen molar-refractivity contribution in [1.29, 1.82) is 0 Å². The van der Waals surface area contributed by atoms with Gasteiger partial charge in [0.1, 0.15) is 5.75 Å². The molecule has 1 aromatic rings. The Morgan fingerprint density at radius 3 is 3.05 bits per heavy atom. The van der Waals surface area contributed by atoms with Crippen LogP contribution in [0.25, 0.3) is 5.57 Å². The van der Waals surface area contributed by atoms with E-state index in [1.165, 1.54) is 0 Å². The molecule has 0 unspecified atom stereocenters. The highest BCUT2D eigenvalue weighted by Crippen LogP contribution is 2.26. The van der Waals surface area contributed by atoms with E-state index in [0.29, 0.717) is 13.2 Å². The van der Waals surface area contributed by atoms with Gasteiger partial charge in [-0.2, -0.15) is 0 Å². The highest BCUT2D eigenvalue weighted by molar-refractivity contribution is 5.95. The van der Waals surface area contributed by atoms with Gasteiger partial charge in [0, 0.05) is 31.3 Å². The van der Waals surface area contributed by atoms with Crippen molar-refractivity contribution in [3.8, 4) is 5.75 Å². The molecule has 0 aliphatic carbocycles. The average Bonchev–Trinajstić information content (AvgIpc) is 3.03. The summed E-state index contributed by atoms with van der Waals surface area (Å²) in [7, 11) is 1.64. The number of nitrogens with one attached hydrogen (secondary N) is 1. The van der Waals surface area contributed by atoms with Crippen LogP contribution in [0.4, 0.5) is 0 Å². The molecule has 2 saturated heterocycles. The van der Waals surface area contributed by atoms with E-state index >= 15 is 0 Å². The normalized spacial score (nSPS) is 25.0. The summed E-state index contributed by atoms with van der Waals surface area (Å²) in [6.45, 7) is 4.83. The van der Waals surface area contributed by atoms with Gasteiger partial charge in [-0.15, -0.1) is 0 Å². The molecule has 2 atom stereocenters. The monoisotopic (exact) mass is 302 g/mol. The first-order chi connectivity index (χ1) is 10.7. The summed E-state index contributed by atoms with van der Waals surface area (Å²) in [5.74, 6) is 0.830. The Labute approximate surface area is 130 Å². The van der Waals surface area contributed by atoms with Crippen LogP contribution in [0.3, 0.4) is 0 Å². The number of hydrogen-bond donors (Lipinski definition) is 1. The molecule has 0 radical (unpaired) electrons. The number of benzene rings is 1. The highest BCUT2D eigenvalue weighted by atomic mass is 16.5. The van der Waals surface area contributed by atoms with Gasteiger partial charge in [0.25, 0.3) is 0 Å². The zero-order valence-electron chi connectivity index (χ0n) is 13.0. The van der Waals surface area contributed by atoms with Gasteiger partial charge >= 0.3 is 0 Å². The third kappa shape index (κ3) is 2.87. The minimum Gasteiger partial charge on any atom is -0.496 e. The molecular weight excluding hydrogens is 280 g/mol. The van der Waals surface area contributed by atoms with Crippen LogP contribution in [0, 0.1) is 0 Å². The second-order valence-corrected chi connectivity index (χ2v) is 5.69. The molecule has 22 heavy (non-hydrogen) atoms. The molecule has 2 heterocycles. The molecule has 5 heteroatoms. The number of amides is 1. The second-order valence-electron chi connectivity index (χ2n) is 5.69. The third-order valence-electron chi connectivity index (χ3n) is 4.35. The van der Waals surface area contributed by atoms with Gasteiger partial charge in [0.2, 0.25) is 5.91 Å². The van der Waals surface area contributed by atoms with Crippen LogP contribution in [-0.2, 0) is 9.53 Å². The summed E-state index contributed by atoms with van der Waals surface area (Å²) in [6, 6.07) is 7.89. The maximum atomic E-state index is 12.6. The van der Waals surface area contributed by atoms with Crippen LogP contribution in [0.2, 0.25) is 0 Å². The number of carbonyl (C=O) groups excluding carboxylic acids is 1. The van der Waals surface area contributed by atoms with Crippen LogP contribution in [0.15, 0.2) is 30.3 Å². The van der Waals surface area contributed by atoms with Gasteiger partial charge in [-0.05, 0) is 18.6 Å². The lowest BCUT2D eigenvalue weighted by Crippen LogP contribution is -2.52. The van der Waals surface area contributed by atoms with E-state index in [0.717, 1.165) is 30.0 Å². The van der Waals surface area contributed by atoms with E-state index in [1.54, 1.807) is 13.2 Å². The van der Waals surface area contributed by atoms with Crippen molar-refractivity contribution in [2.24, 2.45) is 0 Å². The van der Waals surface area contributed by atoms with Crippen LogP contribution < -0.4 is 10.1 Å². The molecule has 2 aliphatic heterocycles. The Morgan fingerprint density at radius 1 is 1.41 bits per heavy atom. The fraction of sp³-hybridized carbons (Fsp3) is 0.471. The highest BCUT2D eigenvalue weighted by Gasteiger charge is 2.37. The van der Waals surface area contributed by atoms with Crippen molar-refractivity contribution in [2.75, 3.05) is 33.4 Å². The number of morpholine rings is 1. The molecule has 1 amide bonds. The Balaban J connectivity index is 1.80. The van der Waals surface area contributed by atoms with E-state index in [2.05, 4.69) is 5.32 Å². The molecule has 1 N–H and O–H groups in total. The Morgan fingerprint density at radius 2 is 2.23 bits per heavy atom. The SMILES string of the molecule is COc1ccccc1/C(C)=C/C(=O)N1CCO[C@H]2CNC[C@H]21. The Bertz CT molecular complexity index is 585. The van der Waals surface area contributed by atoms with E-state index in [4.69, 9.17) is 9.47 Å². The summed E-state index contributed by atoms with van der Waals surface area (Å²) < 4.78 is 11.1. The second kappa shape index (κ2) is 6.50. The molecule has 3 rings (SSSR count). The van der Waals surface area contributed by atoms with E-state index in [1.807, 2.05) is 36.1 Å². The molecule has 1 aromatic carbocycles. The van der Waals surface area contributed by atoms with E-state index < -0.39 is 0 Å². The van der Waals surface area contributed by atoms with Crippen molar-refractivity contribution in [1.82, 2.24) is 10.2 Å². The van der Waals surface area contributed by atoms with Crippen molar-refractivity contribution in [3.05, 3.63) is 35.9 Å². The molecule has 2 fully saturated rings. The first-order valence-electron chi connectivity index (χ1n) is 7.65. The van der Waals surface area contributed by atoms with Gasteiger partial charge in [-0.1, -0.05) is 18.2 Å². The summed E-state index contributed by atoms with van der Waals surface area (Å²) in [5, 5.41) is 3.29. The van der Waals surface area contributed by atoms with Crippen molar-refractivity contribution < 1.29 is 14.3 Å². The summed E-state index contributed by atoms with van der Waals surface area (Å²) in [6.07, 6.45) is 1.83. The van der Waals surface area contributed by atoms with Crippen LogP contribution >= 0.6 is 0 Å². The van der Waals surface area contributed by atoms with Crippen molar-refractivity contribution in [2.45, 2.75) is 19.1 Å². The number of hydrogen-bond acceptors (Lipinski definition) is 4. The number of fused-ring (bicyclic) bond motifs is 1. The van der Waals surface area contributed by atoms with Crippen LogP contribution in [0.1, 0.15) is 12.5 Å². The molecule has 0 aromatic heterocycles. The molecule has 0 bridgehead atoms. The predicted molar refractivity (Wildman–Crippen MR) is 84.8 cm³/mol. The number of nitrogens with zero attached hydrogens (tertiary/aromatic N) is 1. The zero-order valence-corrected chi connectivity index (χ0v) is 13.0. The lowest BCUT2D eigenvalue weighted by molar-refractivity contribution is -0.137. The topological polar surface area (TPSA) is 50.8 Å². The number of para-hydroxylation sites is 1. The average molecular weight is 302 g/mol. The number of allylic oxidation sites excluding steroid dienone is 1. The first-order valence-corrected chi connectivity index (χ1v) is 7.65. The van der Waals surface area contributed by atoms with E-state index in [9.17, 15) is 4.79 Å². The Hall–Kier alpha value is -1.85. The molecule has 118 valence electrons. The van der Waals surface area contributed by atoms with Gasteiger partial charge < -0.3 is 19.7 Å². The predicted octanol–water partition coefficient (Wildman–Crippen LogP) is 1.30. The standard InChI is InChI=1S/C17H22N2O3/c1-12(13-5-3-4-6-15(13)21-2)9-17(20)19-7-8-22-16-11-18-10-14(16)19/h3-6,9,14,16,18H,7-8,10-11H2,1-2H3/b12-9+/t14-,16+/m1/s1. The Kier molecular flexibility index (Phi) is 4.45. The summed E-state index contributed by atoms with van der Waals surface area (Å²) in [5.41, 5.74) is 1.86. The van der Waals surface area contributed by atoms with E-state index in [-0.39, 0.29) is 18.1 Å². The van der Waals surface area contributed by atoms with Gasteiger partial charge in [-0.25, -0.2) is 0 Å². The molecular formula is C17H22N2O3. The minimum absolute atomic E-state index is 0.0467. The molecule has 0 saturated carbocycles. The fourth-order valence-electron chi connectivity index (χ4n) is 3.18. The molecule has 0 spiro atoms. The number of rotatable bonds is 3. The van der Waals surface area contributed by atoms with Gasteiger partial charge in [0.15, 0.2) is 0 Å².